The maximum absolute atomic E-state index is 10.6. The van der Waals surface area contributed by atoms with Crippen molar-refractivity contribution in [3.63, 3.8) is 0 Å². The van der Waals surface area contributed by atoms with Gasteiger partial charge in [0.15, 0.2) is 0 Å². The highest BCUT2D eigenvalue weighted by atomic mass is 16.3. The maximum atomic E-state index is 10.6. The van der Waals surface area contributed by atoms with Crippen LogP contribution in [0, 0.1) is 13.8 Å². The molecule has 2 heteroatoms. The Bertz CT molecular complexity index is 354. The van der Waals surface area contributed by atoms with Gasteiger partial charge >= 0.3 is 0 Å². The Hall–Kier alpha value is -0.860. The average molecular weight is 205 g/mol. The Morgan fingerprint density at radius 1 is 1.33 bits per heavy atom. The van der Waals surface area contributed by atoms with Crippen LogP contribution < -0.4 is 5.32 Å². The van der Waals surface area contributed by atoms with Gasteiger partial charge in [-0.25, -0.2) is 0 Å². The molecule has 15 heavy (non-hydrogen) atoms. The van der Waals surface area contributed by atoms with Gasteiger partial charge in [0.1, 0.15) is 5.60 Å². The van der Waals surface area contributed by atoms with E-state index < -0.39 is 5.60 Å². The number of β-amino-alcohol motifs (C(OH)–C–C–N with tert-alkyl or cyclic N) is 1. The molecule has 0 bridgehead atoms. The topological polar surface area (TPSA) is 32.3 Å². The molecule has 2 rings (SSSR count). The van der Waals surface area contributed by atoms with Crippen LogP contribution >= 0.6 is 0 Å². The first-order valence-corrected chi connectivity index (χ1v) is 5.63. The van der Waals surface area contributed by atoms with Crippen LogP contribution in [0.15, 0.2) is 18.2 Å². The normalized spacial score (nSPS) is 26.6. The third kappa shape index (κ3) is 2.06. The summed E-state index contributed by atoms with van der Waals surface area (Å²) in [4.78, 5) is 0. The molecule has 0 aromatic heterocycles. The number of piperidine rings is 1. The summed E-state index contributed by atoms with van der Waals surface area (Å²) in [5.74, 6) is 0. The Balaban J connectivity index is 2.38. The van der Waals surface area contributed by atoms with Gasteiger partial charge in [0, 0.05) is 6.54 Å². The number of aliphatic hydroxyl groups is 1. The van der Waals surface area contributed by atoms with Gasteiger partial charge in [-0.15, -0.1) is 0 Å². The van der Waals surface area contributed by atoms with E-state index in [-0.39, 0.29) is 0 Å². The fourth-order valence-electron chi connectivity index (χ4n) is 2.36. The number of benzene rings is 1. The summed E-state index contributed by atoms with van der Waals surface area (Å²) in [5.41, 5.74) is 2.84. The average Bonchev–Trinajstić information content (AvgIpc) is 2.23. The minimum absolute atomic E-state index is 0.658. The van der Waals surface area contributed by atoms with Crippen molar-refractivity contribution < 1.29 is 5.11 Å². The molecule has 1 fully saturated rings. The first kappa shape index (κ1) is 10.7. The third-order valence-electron chi connectivity index (χ3n) is 3.26. The van der Waals surface area contributed by atoms with Gasteiger partial charge in [-0.05, 0) is 44.4 Å². The van der Waals surface area contributed by atoms with Gasteiger partial charge in [0.25, 0.3) is 0 Å². The molecule has 1 aliphatic rings. The van der Waals surface area contributed by atoms with E-state index in [1.165, 1.54) is 11.1 Å². The zero-order valence-corrected chi connectivity index (χ0v) is 9.51. The lowest BCUT2D eigenvalue weighted by atomic mass is 9.83. The van der Waals surface area contributed by atoms with E-state index in [1.807, 2.05) is 0 Å². The lowest BCUT2D eigenvalue weighted by molar-refractivity contribution is 0.0117. The molecular formula is C13H19NO. The third-order valence-corrected chi connectivity index (χ3v) is 3.26. The highest BCUT2D eigenvalue weighted by Crippen LogP contribution is 2.31. The monoisotopic (exact) mass is 205 g/mol. The SMILES string of the molecule is Cc1ccc(C)c(C2(O)CCCNC2)c1. The molecule has 1 unspecified atom stereocenters. The molecule has 82 valence electrons. The van der Waals surface area contributed by atoms with Crippen LogP contribution in [0.1, 0.15) is 29.5 Å². The maximum Gasteiger partial charge on any atom is 0.102 e. The van der Waals surface area contributed by atoms with E-state index in [2.05, 4.69) is 37.4 Å². The van der Waals surface area contributed by atoms with Crippen molar-refractivity contribution in [3.8, 4) is 0 Å². The van der Waals surface area contributed by atoms with Crippen LogP contribution in [-0.4, -0.2) is 18.2 Å². The lowest BCUT2D eigenvalue weighted by Crippen LogP contribution is -2.43. The van der Waals surface area contributed by atoms with Crippen LogP contribution in [0.4, 0.5) is 0 Å². The molecular weight excluding hydrogens is 186 g/mol. The molecule has 1 atom stereocenters. The van der Waals surface area contributed by atoms with Crippen LogP contribution in [0.5, 0.6) is 0 Å². The quantitative estimate of drug-likeness (QED) is 0.733. The van der Waals surface area contributed by atoms with E-state index in [0.717, 1.165) is 24.9 Å². The van der Waals surface area contributed by atoms with Crippen molar-refractivity contribution in [3.05, 3.63) is 34.9 Å². The molecule has 2 nitrogen and oxygen atoms in total. The molecule has 0 radical (unpaired) electrons. The lowest BCUT2D eigenvalue weighted by Gasteiger charge is -2.34. The second-order valence-corrected chi connectivity index (χ2v) is 4.63. The molecule has 1 saturated heterocycles. The number of rotatable bonds is 1. The van der Waals surface area contributed by atoms with E-state index >= 15 is 0 Å². The minimum Gasteiger partial charge on any atom is -0.384 e. The van der Waals surface area contributed by atoms with Crippen LogP contribution in [0.2, 0.25) is 0 Å². The Morgan fingerprint density at radius 2 is 2.13 bits per heavy atom. The summed E-state index contributed by atoms with van der Waals surface area (Å²) in [6.07, 6.45) is 1.91. The summed E-state index contributed by atoms with van der Waals surface area (Å²) in [5, 5.41) is 13.9. The Labute approximate surface area is 91.3 Å². The van der Waals surface area contributed by atoms with Gasteiger partial charge in [-0.1, -0.05) is 23.8 Å². The van der Waals surface area contributed by atoms with Crippen LogP contribution in [-0.2, 0) is 5.60 Å². The first-order valence-electron chi connectivity index (χ1n) is 5.63. The van der Waals surface area contributed by atoms with Gasteiger partial charge < -0.3 is 10.4 Å². The molecule has 1 heterocycles. The van der Waals surface area contributed by atoms with Crippen molar-refractivity contribution in [2.24, 2.45) is 0 Å². The van der Waals surface area contributed by atoms with Crippen LogP contribution in [0.3, 0.4) is 0 Å². The van der Waals surface area contributed by atoms with Crippen LogP contribution in [0.25, 0.3) is 0 Å². The molecule has 0 saturated carbocycles. The van der Waals surface area contributed by atoms with Gasteiger partial charge in [0.2, 0.25) is 0 Å². The number of nitrogens with one attached hydrogen (secondary N) is 1. The number of aryl methyl sites for hydroxylation is 2. The predicted octanol–water partition coefficient (Wildman–Crippen LogP) is 1.87. The van der Waals surface area contributed by atoms with Gasteiger partial charge in [-0.2, -0.15) is 0 Å². The number of hydrogen-bond donors (Lipinski definition) is 2. The minimum atomic E-state index is -0.658. The number of hydrogen-bond acceptors (Lipinski definition) is 2. The fraction of sp³-hybridized carbons (Fsp3) is 0.538. The zero-order chi connectivity index (χ0) is 10.9. The standard InChI is InChI=1S/C13H19NO/c1-10-4-5-11(2)12(8-10)13(15)6-3-7-14-9-13/h4-5,8,14-15H,3,6-7,9H2,1-2H3. The predicted molar refractivity (Wildman–Crippen MR) is 61.9 cm³/mol. The molecule has 1 aromatic carbocycles. The first-order chi connectivity index (χ1) is 7.12. The molecule has 2 N–H and O–H groups in total. The summed E-state index contributed by atoms with van der Waals surface area (Å²) >= 11 is 0. The van der Waals surface area contributed by atoms with E-state index in [4.69, 9.17) is 0 Å². The molecule has 1 aromatic rings. The van der Waals surface area contributed by atoms with Crippen molar-refractivity contribution in [2.75, 3.05) is 13.1 Å². The fourth-order valence-corrected chi connectivity index (χ4v) is 2.36. The Morgan fingerprint density at radius 3 is 2.80 bits per heavy atom. The van der Waals surface area contributed by atoms with Crippen molar-refractivity contribution in [1.82, 2.24) is 5.32 Å². The van der Waals surface area contributed by atoms with E-state index in [1.54, 1.807) is 0 Å². The van der Waals surface area contributed by atoms with Crippen molar-refractivity contribution in [1.29, 1.82) is 0 Å². The largest absolute Gasteiger partial charge is 0.384 e. The second-order valence-electron chi connectivity index (χ2n) is 4.63. The van der Waals surface area contributed by atoms with E-state index in [9.17, 15) is 5.11 Å². The highest BCUT2D eigenvalue weighted by Gasteiger charge is 2.32. The van der Waals surface area contributed by atoms with Crippen molar-refractivity contribution >= 4 is 0 Å². The second kappa shape index (κ2) is 3.95. The molecule has 0 aliphatic carbocycles. The van der Waals surface area contributed by atoms with Gasteiger partial charge in [0.05, 0.1) is 0 Å². The summed E-state index contributed by atoms with van der Waals surface area (Å²) in [6, 6.07) is 6.30. The summed E-state index contributed by atoms with van der Waals surface area (Å²) < 4.78 is 0. The molecule has 0 amide bonds. The zero-order valence-electron chi connectivity index (χ0n) is 9.51. The molecule has 1 aliphatic heterocycles. The Kier molecular flexibility index (Phi) is 2.81. The summed E-state index contributed by atoms with van der Waals surface area (Å²) in [7, 11) is 0. The van der Waals surface area contributed by atoms with Gasteiger partial charge in [-0.3, -0.25) is 0 Å². The highest BCUT2D eigenvalue weighted by molar-refractivity contribution is 5.35. The van der Waals surface area contributed by atoms with E-state index in [0.29, 0.717) is 6.54 Å². The summed E-state index contributed by atoms with van der Waals surface area (Å²) in [6.45, 7) is 5.84. The van der Waals surface area contributed by atoms with Crippen molar-refractivity contribution in [2.45, 2.75) is 32.3 Å². The molecule has 0 spiro atoms. The smallest absolute Gasteiger partial charge is 0.102 e.